The van der Waals surface area contributed by atoms with E-state index < -0.39 is 0 Å². The van der Waals surface area contributed by atoms with Crippen molar-refractivity contribution >= 4 is 29.3 Å². The van der Waals surface area contributed by atoms with E-state index in [2.05, 4.69) is 25.2 Å². The Morgan fingerprint density at radius 1 is 1.25 bits per heavy atom. The molecule has 0 aliphatic carbocycles. The standard InChI is InChI=1S/C13H17Cl2N/c1-3-4-16-9-10(2)5-11-6-12(14)8-13(15)7-11/h5-8,16H,3-4,9H2,1-2H3. The number of hydrogen-bond donors (Lipinski definition) is 1. The van der Waals surface area contributed by atoms with Gasteiger partial charge < -0.3 is 5.32 Å². The van der Waals surface area contributed by atoms with Gasteiger partial charge in [-0.05, 0) is 43.7 Å². The van der Waals surface area contributed by atoms with Crippen LogP contribution in [0.3, 0.4) is 0 Å². The summed E-state index contributed by atoms with van der Waals surface area (Å²) in [5, 5.41) is 4.70. The minimum absolute atomic E-state index is 0.674. The summed E-state index contributed by atoms with van der Waals surface area (Å²) in [6.45, 7) is 6.19. The van der Waals surface area contributed by atoms with Crippen LogP contribution in [0.2, 0.25) is 10.0 Å². The highest BCUT2D eigenvalue weighted by atomic mass is 35.5. The summed E-state index contributed by atoms with van der Waals surface area (Å²) in [5.41, 5.74) is 2.32. The number of nitrogens with one attached hydrogen (secondary N) is 1. The molecule has 1 N–H and O–H groups in total. The molecule has 0 amide bonds. The van der Waals surface area contributed by atoms with Crippen molar-refractivity contribution in [2.45, 2.75) is 20.3 Å². The molecule has 0 saturated heterocycles. The molecule has 0 radical (unpaired) electrons. The Morgan fingerprint density at radius 3 is 2.44 bits per heavy atom. The molecule has 1 rings (SSSR count). The van der Waals surface area contributed by atoms with E-state index in [0.29, 0.717) is 10.0 Å². The molecule has 88 valence electrons. The van der Waals surface area contributed by atoms with E-state index in [1.807, 2.05) is 12.1 Å². The topological polar surface area (TPSA) is 12.0 Å². The van der Waals surface area contributed by atoms with Crippen LogP contribution in [0.1, 0.15) is 25.8 Å². The lowest BCUT2D eigenvalue weighted by Crippen LogP contribution is -2.16. The first-order valence-electron chi connectivity index (χ1n) is 5.46. The summed E-state index contributed by atoms with van der Waals surface area (Å²) in [6.07, 6.45) is 3.25. The van der Waals surface area contributed by atoms with Gasteiger partial charge in [0.15, 0.2) is 0 Å². The second-order valence-corrected chi connectivity index (χ2v) is 4.74. The lowest BCUT2D eigenvalue weighted by Gasteiger charge is -2.04. The Balaban J connectivity index is 2.66. The Bertz CT molecular complexity index is 352. The van der Waals surface area contributed by atoms with Gasteiger partial charge in [0.25, 0.3) is 0 Å². The van der Waals surface area contributed by atoms with Crippen LogP contribution in [0, 0.1) is 0 Å². The summed E-state index contributed by atoms with van der Waals surface area (Å²) in [7, 11) is 0. The van der Waals surface area contributed by atoms with Crippen molar-refractivity contribution in [1.82, 2.24) is 5.32 Å². The molecule has 1 aromatic rings. The molecule has 16 heavy (non-hydrogen) atoms. The van der Waals surface area contributed by atoms with Gasteiger partial charge in [-0.25, -0.2) is 0 Å². The minimum atomic E-state index is 0.674. The summed E-state index contributed by atoms with van der Waals surface area (Å²) >= 11 is 11.9. The molecule has 1 nitrogen and oxygen atoms in total. The Kier molecular flexibility index (Phi) is 5.89. The van der Waals surface area contributed by atoms with E-state index >= 15 is 0 Å². The van der Waals surface area contributed by atoms with Crippen molar-refractivity contribution in [1.29, 1.82) is 0 Å². The zero-order valence-electron chi connectivity index (χ0n) is 9.69. The SMILES string of the molecule is CCCNCC(C)=Cc1cc(Cl)cc(Cl)c1. The van der Waals surface area contributed by atoms with Gasteiger partial charge >= 0.3 is 0 Å². The number of benzene rings is 1. The normalized spacial score (nSPS) is 11.9. The van der Waals surface area contributed by atoms with Crippen molar-refractivity contribution in [3.05, 3.63) is 39.4 Å². The van der Waals surface area contributed by atoms with Crippen LogP contribution in [0.15, 0.2) is 23.8 Å². The minimum Gasteiger partial charge on any atom is -0.313 e. The summed E-state index contributed by atoms with van der Waals surface area (Å²) in [6, 6.07) is 5.57. The Morgan fingerprint density at radius 2 is 1.88 bits per heavy atom. The van der Waals surface area contributed by atoms with Gasteiger partial charge in [-0.1, -0.05) is 41.8 Å². The zero-order chi connectivity index (χ0) is 12.0. The summed E-state index contributed by atoms with van der Waals surface area (Å²) in [4.78, 5) is 0. The highest BCUT2D eigenvalue weighted by Crippen LogP contribution is 2.20. The van der Waals surface area contributed by atoms with Gasteiger partial charge in [-0.15, -0.1) is 0 Å². The quantitative estimate of drug-likeness (QED) is 0.772. The number of rotatable bonds is 5. The van der Waals surface area contributed by atoms with Gasteiger partial charge in [-0.3, -0.25) is 0 Å². The molecule has 0 unspecified atom stereocenters. The van der Waals surface area contributed by atoms with E-state index in [0.717, 1.165) is 25.1 Å². The van der Waals surface area contributed by atoms with Crippen molar-refractivity contribution in [3.63, 3.8) is 0 Å². The monoisotopic (exact) mass is 257 g/mol. The third kappa shape index (κ3) is 5.02. The maximum atomic E-state index is 5.93. The van der Waals surface area contributed by atoms with Crippen molar-refractivity contribution in [2.24, 2.45) is 0 Å². The third-order valence-corrected chi connectivity index (χ3v) is 2.57. The fourth-order valence-electron chi connectivity index (χ4n) is 1.46. The van der Waals surface area contributed by atoms with Gasteiger partial charge in [0.2, 0.25) is 0 Å². The zero-order valence-corrected chi connectivity index (χ0v) is 11.2. The second-order valence-electron chi connectivity index (χ2n) is 3.87. The average Bonchev–Trinajstić information content (AvgIpc) is 2.16. The molecular weight excluding hydrogens is 241 g/mol. The second kappa shape index (κ2) is 6.95. The molecule has 0 bridgehead atoms. The van der Waals surface area contributed by atoms with Gasteiger partial charge in [0, 0.05) is 16.6 Å². The van der Waals surface area contributed by atoms with Crippen molar-refractivity contribution in [3.8, 4) is 0 Å². The van der Waals surface area contributed by atoms with Gasteiger partial charge in [-0.2, -0.15) is 0 Å². The predicted octanol–water partition coefficient (Wildman–Crippen LogP) is 4.40. The van der Waals surface area contributed by atoms with Crippen LogP contribution >= 0.6 is 23.2 Å². The maximum absolute atomic E-state index is 5.93. The van der Waals surface area contributed by atoms with Crippen LogP contribution in [-0.2, 0) is 0 Å². The highest BCUT2D eigenvalue weighted by molar-refractivity contribution is 6.34. The number of halogens is 2. The first-order valence-corrected chi connectivity index (χ1v) is 6.21. The lowest BCUT2D eigenvalue weighted by atomic mass is 10.1. The van der Waals surface area contributed by atoms with Gasteiger partial charge in [0.1, 0.15) is 0 Å². The van der Waals surface area contributed by atoms with Crippen LogP contribution in [0.4, 0.5) is 0 Å². The molecule has 0 fully saturated rings. The van der Waals surface area contributed by atoms with E-state index in [4.69, 9.17) is 23.2 Å². The molecule has 0 aliphatic rings. The predicted molar refractivity (Wildman–Crippen MR) is 73.3 cm³/mol. The lowest BCUT2D eigenvalue weighted by molar-refractivity contribution is 0.715. The first-order chi connectivity index (χ1) is 7.61. The molecule has 0 spiro atoms. The molecule has 0 atom stereocenters. The fourth-order valence-corrected chi connectivity index (χ4v) is 2.00. The maximum Gasteiger partial charge on any atom is 0.0426 e. The molecular formula is C13H17Cl2N. The first kappa shape index (κ1) is 13.6. The van der Waals surface area contributed by atoms with Gasteiger partial charge in [0.05, 0.1) is 0 Å². The number of hydrogen-bond acceptors (Lipinski definition) is 1. The summed E-state index contributed by atoms with van der Waals surface area (Å²) < 4.78 is 0. The van der Waals surface area contributed by atoms with E-state index in [1.54, 1.807) is 6.07 Å². The average molecular weight is 258 g/mol. The van der Waals surface area contributed by atoms with Crippen LogP contribution in [0.5, 0.6) is 0 Å². The summed E-state index contributed by atoms with van der Waals surface area (Å²) in [5.74, 6) is 0. The fraction of sp³-hybridized carbons (Fsp3) is 0.385. The van der Waals surface area contributed by atoms with Crippen LogP contribution in [-0.4, -0.2) is 13.1 Å². The van der Waals surface area contributed by atoms with Crippen LogP contribution < -0.4 is 5.32 Å². The molecule has 0 aromatic heterocycles. The van der Waals surface area contributed by atoms with Crippen molar-refractivity contribution < 1.29 is 0 Å². The van der Waals surface area contributed by atoms with Crippen molar-refractivity contribution in [2.75, 3.05) is 13.1 Å². The van der Waals surface area contributed by atoms with Crippen LogP contribution in [0.25, 0.3) is 6.08 Å². The molecule has 1 aromatic carbocycles. The van der Waals surface area contributed by atoms with E-state index in [9.17, 15) is 0 Å². The molecule has 0 aliphatic heterocycles. The largest absolute Gasteiger partial charge is 0.313 e. The Hall–Kier alpha value is -0.500. The molecule has 0 saturated carbocycles. The third-order valence-electron chi connectivity index (χ3n) is 2.13. The molecule has 0 heterocycles. The van der Waals surface area contributed by atoms with E-state index in [1.165, 1.54) is 5.57 Å². The molecule has 3 heteroatoms. The smallest absolute Gasteiger partial charge is 0.0426 e. The highest BCUT2D eigenvalue weighted by Gasteiger charge is 1.96. The Labute approximate surface area is 107 Å². The van der Waals surface area contributed by atoms with E-state index in [-0.39, 0.29) is 0 Å².